The highest BCUT2D eigenvalue weighted by Gasteiger charge is 2.35. The lowest BCUT2D eigenvalue weighted by Crippen LogP contribution is -2.50. The zero-order valence-electron chi connectivity index (χ0n) is 14.1. The zero-order chi connectivity index (χ0) is 18.1. The Labute approximate surface area is 152 Å². The van der Waals surface area contributed by atoms with Crippen LogP contribution in [-0.4, -0.2) is 40.1 Å². The Morgan fingerprint density at radius 3 is 2.67 bits per heavy atom. The van der Waals surface area contributed by atoms with Gasteiger partial charge >= 0.3 is 0 Å². The van der Waals surface area contributed by atoms with E-state index in [2.05, 4.69) is 5.32 Å². The summed E-state index contributed by atoms with van der Waals surface area (Å²) in [7, 11) is 1.50. The van der Waals surface area contributed by atoms with Crippen LogP contribution in [0.4, 0.5) is 5.69 Å². The van der Waals surface area contributed by atoms with Crippen molar-refractivity contribution < 1.29 is 14.6 Å². The third kappa shape index (κ3) is 3.65. The lowest BCUT2D eigenvalue weighted by atomic mass is 9.98. The van der Waals surface area contributed by atoms with Crippen molar-refractivity contribution in [2.75, 3.05) is 19.0 Å². The van der Waals surface area contributed by atoms with Crippen molar-refractivity contribution in [2.45, 2.75) is 32.7 Å². The molecule has 5 nitrogen and oxygen atoms in total. The van der Waals surface area contributed by atoms with Crippen LogP contribution in [0.2, 0.25) is 5.02 Å². The van der Waals surface area contributed by atoms with E-state index in [0.29, 0.717) is 29.4 Å². The average molecular weight is 369 g/mol. The molecule has 0 radical (unpaired) electrons. The van der Waals surface area contributed by atoms with Crippen LogP contribution in [0.25, 0.3) is 0 Å². The van der Waals surface area contributed by atoms with Gasteiger partial charge in [0.25, 0.3) is 5.91 Å². The molecule has 1 aromatic rings. The molecule has 2 rings (SSSR count). The van der Waals surface area contributed by atoms with Crippen LogP contribution in [-0.2, 0) is 4.79 Å². The van der Waals surface area contributed by atoms with Crippen LogP contribution in [0, 0.1) is 0 Å². The third-order valence-corrected chi connectivity index (χ3v) is 4.38. The summed E-state index contributed by atoms with van der Waals surface area (Å²) in [6.07, 6.45) is 0.368. The van der Waals surface area contributed by atoms with Gasteiger partial charge in [0, 0.05) is 18.5 Å². The number of ether oxygens (including phenoxy) is 1. The van der Waals surface area contributed by atoms with Gasteiger partial charge < -0.3 is 20.1 Å². The quantitative estimate of drug-likeness (QED) is 0.791. The number of benzene rings is 1. The zero-order valence-corrected chi connectivity index (χ0v) is 15.7. The average Bonchev–Trinajstić information content (AvgIpc) is 2.46. The van der Waals surface area contributed by atoms with Crippen molar-refractivity contribution in [1.29, 1.82) is 0 Å². The molecule has 1 aliphatic rings. The van der Waals surface area contributed by atoms with Gasteiger partial charge in [-0.1, -0.05) is 29.9 Å². The Hall–Kier alpha value is -1.79. The molecule has 0 unspecified atom stereocenters. The van der Waals surface area contributed by atoms with Gasteiger partial charge in [-0.15, -0.1) is 0 Å². The fraction of sp³-hybridized carbons (Fsp3) is 0.412. The van der Waals surface area contributed by atoms with E-state index in [4.69, 9.17) is 28.6 Å². The monoisotopic (exact) mass is 368 g/mol. The number of rotatable bonds is 3. The summed E-state index contributed by atoms with van der Waals surface area (Å²) in [5, 5.41) is 13.6. The lowest BCUT2D eigenvalue weighted by molar-refractivity contribution is -0.132. The molecular formula is C17H21ClN2O3S. The van der Waals surface area contributed by atoms with E-state index in [1.54, 1.807) is 23.1 Å². The molecule has 0 fully saturated rings. The highest BCUT2D eigenvalue weighted by atomic mass is 35.5. The van der Waals surface area contributed by atoms with E-state index in [-0.39, 0.29) is 27.8 Å². The fourth-order valence-electron chi connectivity index (χ4n) is 2.57. The number of anilines is 1. The molecule has 0 saturated heterocycles. The summed E-state index contributed by atoms with van der Waals surface area (Å²) in [4.78, 5) is 14.6. The van der Waals surface area contributed by atoms with E-state index >= 15 is 0 Å². The van der Waals surface area contributed by atoms with Crippen LogP contribution in [0.1, 0.15) is 27.2 Å². The molecule has 7 heteroatoms. The van der Waals surface area contributed by atoms with Crippen LogP contribution >= 0.6 is 23.8 Å². The molecule has 1 heterocycles. The number of hydrogen-bond acceptors (Lipinski definition) is 4. The first-order valence-corrected chi connectivity index (χ1v) is 8.33. The van der Waals surface area contributed by atoms with Crippen molar-refractivity contribution in [3.63, 3.8) is 0 Å². The summed E-state index contributed by atoms with van der Waals surface area (Å²) in [5.74, 6) is 0.140. The number of thiocarbonyl (C=S) groups is 1. The molecule has 0 aliphatic carbocycles. The number of nitrogens with one attached hydrogen (secondary N) is 1. The summed E-state index contributed by atoms with van der Waals surface area (Å²) in [5.41, 5.74) is 0.302. The maximum absolute atomic E-state index is 12.8. The van der Waals surface area contributed by atoms with Crippen LogP contribution in [0.3, 0.4) is 0 Å². The molecule has 0 spiro atoms. The Kier molecular flexibility index (Phi) is 5.40. The largest absolute Gasteiger partial charge is 0.511 e. The van der Waals surface area contributed by atoms with Crippen molar-refractivity contribution in [1.82, 2.24) is 4.90 Å². The standard InChI is InChI=1S/C17H21ClN2O3S/c1-17(2,3)20-9-8-12(21)13(16(20)22)15(24)19-11-7-5-6-10(18)14(11)23-4/h5-7,21H,8-9H2,1-4H3,(H,19,24). The molecule has 0 saturated carbocycles. The summed E-state index contributed by atoms with van der Waals surface area (Å²) >= 11 is 11.5. The second-order valence-corrected chi connectivity index (χ2v) is 7.29. The Morgan fingerprint density at radius 2 is 2.08 bits per heavy atom. The smallest absolute Gasteiger partial charge is 0.260 e. The highest BCUT2D eigenvalue weighted by Crippen LogP contribution is 2.33. The predicted molar refractivity (Wildman–Crippen MR) is 100.0 cm³/mol. The summed E-state index contributed by atoms with van der Waals surface area (Å²) in [6, 6.07) is 5.18. The van der Waals surface area contributed by atoms with Gasteiger partial charge in [0.05, 0.1) is 17.8 Å². The van der Waals surface area contributed by atoms with E-state index in [0.717, 1.165) is 0 Å². The fourth-order valence-corrected chi connectivity index (χ4v) is 3.14. The number of para-hydroxylation sites is 1. The SMILES string of the molecule is COc1c(Cl)cccc1NC(=S)C1=C(O)CCN(C(C)(C)C)C1=O. The van der Waals surface area contributed by atoms with E-state index in [1.165, 1.54) is 7.11 Å². The Bertz CT molecular complexity index is 710. The topological polar surface area (TPSA) is 61.8 Å². The summed E-state index contributed by atoms with van der Waals surface area (Å²) in [6.45, 7) is 6.30. The third-order valence-electron chi connectivity index (χ3n) is 3.78. The minimum atomic E-state index is -0.355. The first-order chi connectivity index (χ1) is 11.2. The first kappa shape index (κ1) is 18.5. The number of amides is 1. The normalized spacial score (nSPS) is 15.5. The van der Waals surface area contributed by atoms with Gasteiger partial charge in [0.15, 0.2) is 5.75 Å². The highest BCUT2D eigenvalue weighted by molar-refractivity contribution is 7.81. The molecule has 0 aromatic heterocycles. The van der Waals surface area contributed by atoms with Gasteiger partial charge in [-0.3, -0.25) is 4.79 Å². The van der Waals surface area contributed by atoms with Gasteiger partial charge in [-0.05, 0) is 32.9 Å². The molecule has 1 amide bonds. The second kappa shape index (κ2) is 6.99. The molecule has 130 valence electrons. The second-order valence-electron chi connectivity index (χ2n) is 6.47. The van der Waals surface area contributed by atoms with Crippen molar-refractivity contribution in [3.05, 3.63) is 34.6 Å². The molecule has 0 atom stereocenters. The minimum absolute atomic E-state index is 0.000931. The van der Waals surface area contributed by atoms with E-state index in [9.17, 15) is 9.90 Å². The van der Waals surface area contributed by atoms with Gasteiger partial charge in [-0.2, -0.15) is 0 Å². The van der Waals surface area contributed by atoms with Gasteiger partial charge in [-0.25, -0.2) is 0 Å². The molecule has 0 bridgehead atoms. The predicted octanol–water partition coefficient (Wildman–Crippen LogP) is 3.93. The van der Waals surface area contributed by atoms with Gasteiger partial charge in [0.1, 0.15) is 16.3 Å². The molecule has 1 aromatic carbocycles. The molecule has 1 aliphatic heterocycles. The van der Waals surface area contributed by atoms with Crippen molar-refractivity contribution >= 4 is 40.4 Å². The van der Waals surface area contributed by atoms with Crippen molar-refractivity contribution in [2.24, 2.45) is 0 Å². The Balaban J connectivity index is 2.32. The number of aliphatic hydroxyl groups is 1. The number of carbonyl (C=O) groups excluding carboxylic acids is 1. The number of hydrogen-bond donors (Lipinski definition) is 2. The van der Waals surface area contributed by atoms with Gasteiger partial charge in [0.2, 0.25) is 0 Å². The van der Waals surface area contributed by atoms with Crippen LogP contribution < -0.4 is 10.1 Å². The number of halogens is 1. The molecular weight excluding hydrogens is 348 g/mol. The molecule has 2 N–H and O–H groups in total. The molecule has 24 heavy (non-hydrogen) atoms. The van der Waals surface area contributed by atoms with E-state index < -0.39 is 0 Å². The minimum Gasteiger partial charge on any atom is -0.511 e. The number of carbonyl (C=O) groups is 1. The number of aliphatic hydroxyl groups excluding tert-OH is 1. The van der Waals surface area contributed by atoms with Crippen LogP contribution in [0.5, 0.6) is 5.75 Å². The Morgan fingerprint density at radius 1 is 1.42 bits per heavy atom. The van der Waals surface area contributed by atoms with Crippen molar-refractivity contribution in [3.8, 4) is 5.75 Å². The maximum Gasteiger partial charge on any atom is 0.260 e. The first-order valence-electron chi connectivity index (χ1n) is 7.54. The number of methoxy groups -OCH3 is 1. The van der Waals surface area contributed by atoms with Crippen LogP contribution in [0.15, 0.2) is 29.5 Å². The maximum atomic E-state index is 12.8. The summed E-state index contributed by atoms with van der Waals surface area (Å²) < 4.78 is 5.27. The van der Waals surface area contributed by atoms with E-state index in [1.807, 2.05) is 20.8 Å². The lowest BCUT2D eigenvalue weighted by Gasteiger charge is -2.39. The number of nitrogens with zero attached hydrogens (tertiary/aromatic N) is 1.